The van der Waals surface area contributed by atoms with Crippen molar-refractivity contribution in [1.82, 2.24) is 4.98 Å². The Hall–Kier alpha value is -0.740. The molecule has 3 nitrogen and oxygen atoms in total. The second-order valence-corrected chi connectivity index (χ2v) is 7.22. The SMILES string of the molecule is CCCCCCC(CC)(CSc1cnc(Cl)cc1C)C(=O)O. The zero-order valence-corrected chi connectivity index (χ0v) is 15.3. The van der Waals surface area contributed by atoms with Crippen LogP contribution in [0.4, 0.5) is 0 Å². The molecule has 1 rings (SSSR count). The van der Waals surface area contributed by atoms with Crippen LogP contribution in [-0.2, 0) is 4.79 Å². The monoisotopic (exact) mass is 343 g/mol. The van der Waals surface area contributed by atoms with E-state index in [0.717, 1.165) is 36.1 Å². The summed E-state index contributed by atoms with van der Waals surface area (Å²) < 4.78 is 0. The number of carbonyl (C=O) groups is 1. The summed E-state index contributed by atoms with van der Waals surface area (Å²) in [5.41, 5.74) is 0.399. The zero-order valence-electron chi connectivity index (χ0n) is 13.7. The lowest BCUT2D eigenvalue weighted by Crippen LogP contribution is -2.33. The molecule has 0 fully saturated rings. The highest BCUT2D eigenvalue weighted by atomic mass is 35.5. The highest BCUT2D eigenvalue weighted by Crippen LogP contribution is 2.37. The van der Waals surface area contributed by atoms with Gasteiger partial charge in [-0.05, 0) is 31.4 Å². The van der Waals surface area contributed by atoms with Crippen LogP contribution in [-0.4, -0.2) is 21.8 Å². The van der Waals surface area contributed by atoms with E-state index in [0.29, 0.717) is 17.3 Å². The van der Waals surface area contributed by atoms with Gasteiger partial charge in [-0.1, -0.05) is 51.1 Å². The average molecular weight is 344 g/mol. The maximum Gasteiger partial charge on any atom is 0.310 e. The maximum absolute atomic E-state index is 11.8. The topological polar surface area (TPSA) is 50.2 Å². The van der Waals surface area contributed by atoms with Gasteiger partial charge in [-0.3, -0.25) is 4.79 Å². The predicted molar refractivity (Wildman–Crippen MR) is 93.8 cm³/mol. The quantitative estimate of drug-likeness (QED) is 0.342. The van der Waals surface area contributed by atoms with Crippen molar-refractivity contribution < 1.29 is 9.90 Å². The van der Waals surface area contributed by atoms with Crippen LogP contribution in [0.25, 0.3) is 0 Å². The minimum atomic E-state index is -0.682. The lowest BCUT2D eigenvalue weighted by molar-refractivity contribution is -0.148. The fourth-order valence-electron chi connectivity index (χ4n) is 2.44. The number of pyridine rings is 1. The number of rotatable bonds is 10. The minimum Gasteiger partial charge on any atom is -0.481 e. The zero-order chi connectivity index (χ0) is 16.6. The fourth-order valence-corrected chi connectivity index (χ4v) is 3.97. The third kappa shape index (κ3) is 5.47. The summed E-state index contributed by atoms with van der Waals surface area (Å²) in [5, 5.41) is 10.2. The third-order valence-electron chi connectivity index (χ3n) is 4.17. The van der Waals surface area contributed by atoms with Crippen molar-refractivity contribution in [3.8, 4) is 0 Å². The molecule has 5 heteroatoms. The number of unbranched alkanes of at least 4 members (excludes halogenated alkanes) is 3. The maximum atomic E-state index is 11.8. The van der Waals surface area contributed by atoms with Crippen LogP contribution < -0.4 is 0 Å². The van der Waals surface area contributed by atoms with Crippen LogP contribution in [0.3, 0.4) is 0 Å². The molecule has 1 aromatic rings. The normalized spacial score (nSPS) is 13.8. The van der Waals surface area contributed by atoms with E-state index >= 15 is 0 Å². The van der Waals surface area contributed by atoms with E-state index in [1.165, 1.54) is 6.42 Å². The predicted octanol–water partition coefficient (Wildman–Crippen LogP) is 5.59. The largest absolute Gasteiger partial charge is 0.481 e. The molecule has 1 aromatic heterocycles. The molecule has 1 N–H and O–H groups in total. The van der Waals surface area contributed by atoms with Crippen molar-refractivity contribution in [3.05, 3.63) is 23.0 Å². The first-order chi connectivity index (χ1) is 10.4. The number of thioether (sulfide) groups is 1. The lowest BCUT2D eigenvalue weighted by Gasteiger charge is -2.28. The molecule has 22 heavy (non-hydrogen) atoms. The Bertz CT molecular complexity index is 496. The molecule has 0 radical (unpaired) electrons. The van der Waals surface area contributed by atoms with Crippen molar-refractivity contribution in [2.75, 3.05) is 5.75 Å². The van der Waals surface area contributed by atoms with E-state index < -0.39 is 11.4 Å². The number of hydrogen-bond acceptors (Lipinski definition) is 3. The summed E-state index contributed by atoms with van der Waals surface area (Å²) in [6, 6.07) is 1.82. The highest BCUT2D eigenvalue weighted by Gasteiger charge is 2.36. The van der Waals surface area contributed by atoms with Crippen LogP contribution in [0.2, 0.25) is 5.15 Å². The number of aryl methyl sites for hydroxylation is 1. The van der Waals surface area contributed by atoms with Gasteiger partial charge in [0.1, 0.15) is 5.15 Å². The Kier molecular flexibility index (Phi) is 8.26. The van der Waals surface area contributed by atoms with Crippen LogP contribution in [0.15, 0.2) is 17.2 Å². The Morgan fingerprint density at radius 3 is 2.64 bits per heavy atom. The van der Waals surface area contributed by atoms with Gasteiger partial charge in [-0.2, -0.15) is 0 Å². The average Bonchev–Trinajstić information content (AvgIpc) is 2.48. The Labute approximate surface area is 142 Å². The van der Waals surface area contributed by atoms with Gasteiger partial charge >= 0.3 is 5.97 Å². The fraction of sp³-hybridized carbons (Fsp3) is 0.647. The molecule has 0 aliphatic rings. The second-order valence-electron chi connectivity index (χ2n) is 5.81. The molecule has 0 spiro atoms. The van der Waals surface area contributed by atoms with Gasteiger partial charge in [0.25, 0.3) is 0 Å². The van der Waals surface area contributed by atoms with E-state index in [9.17, 15) is 9.90 Å². The van der Waals surface area contributed by atoms with Gasteiger partial charge in [0.15, 0.2) is 0 Å². The molecule has 1 heterocycles. The molecular weight excluding hydrogens is 318 g/mol. The second kappa shape index (κ2) is 9.41. The summed E-state index contributed by atoms with van der Waals surface area (Å²) in [7, 11) is 0. The third-order valence-corrected chi connectivity index (χ3v) is 5.81. The van der Waals surface area contributed by atoms with Crippen molar-refractivity contribution in [1.29, 1.82) is 0 Å². The molecule has 0 saturated heterocycles. The molecular formula is C17H26ClNO2S. The van der Waals surface area contributed by atoms with Crippen molar-refractivity contribution >= 4 is 29.3 Å². The molecule has 0 amide bonds. The van der Waals surface area contributed by atoms with Crippen molar-refractivity contribution in [2.45, 2.75) is 64.2 Å². The van der Waals surface area contributed by atoms with Crippen LogP contribution in [0.1, 0.15) is 57.9 Å². The van der Waals surface area contributed by atoms with E-state index in [2.05, 4.69) is 11.9 Å². The Morgan fingerprint density at radius 2 is 2.09 bits per heavy atom. The smallest absolute Gasteiger partial charge is 0.310 e. The minimum absolute atomic E-state index is 0.474. The van der Waals surface area contributed by atoms with Gasteiger partial charge in [0.2, 0.25) is 0 Å². The van der Waals surface area contributed by atoms with Crippen molar-refractivity contribution in [2.24, 2.45) is 5.41 Å². The first kappa shape index (κ1) is 19.3. The van der Waals surface area contributed by atoms with E-state index in [4.69, 9.17) is 11.6 Å². The van der Waals surface area contributed by atoms with Gasteiger partial charge in [0.05, 0.1) is 5.41 Å². The van der Waals surface area contributed by atoms with Gasteiger partial charge < -0.3 is 5.11 Å². The molecule has 0 aliphatic heterocycles. The number of halogens is 1. The number of carboxylic acid groups (broad SMARTS) is 1. The molecule has 1 atom stereocenters. The van der Waals surface area contributed by atoms with Gasteiger partial charge in [-0.25, -0.2) is 4.98 Å². The van der Waals surface area contributed by atoms with E-state index in [1.807, 2.05) is 19.9 Å². The number of nitrogens with zero attached hydrogens (tertiary/aromatic N) is 1. The van der Waals surface area contributed by atoms with Gasteiger partial charge in [0, 0.05) is 16.8 Å². The number of carboxylic acids is 1. The molecule has 0 saturated carbocycles. The van der Waals surface area contributed by atoms with Crippen LogP contribution >= 0.6 is 23.4 Å². The Morgan fingerprint density at radius 1 is 1.36 bits per heavy atom. The summed E-state index contributed by atoms with van der Waals surface area (Å²) in [4.78, 5) is 16.9. The summed E-state index contributed by atoms with van der Waals surface area (Å²) in [6.45, 7) is 6.11. The molecule has 124 valence electrons. The standard InChI is InChI=1S/C17H26ClNO2S/c1-4-6-7-8-9-17(5-2,16(20)21)12-22-14-11-19-15(18)10-13(14)3/h10-11H,4-9,12H2,1-3H3,(H,20,21). The molecule has 0 aliphatic carbocycles. The summed E-state index contributed by atoms with van der Waals surface area (Å²) >= 11 is 7.45. The number of aromatic nitrogens is 1. The number of aliphatic carboxylic acids is 1. The first-order valence-electron chi connectivity index (χ1n) is 7.93. The summed E-state index contributed by atoms with van der Waals surface area (Å²) in [6.07, 6.45) is 7.56. The number of hydrogen-bond donors (Lipinski definition) is 1. The Balaban J connectivity index is 2.73. The highest BCUT2D eigenvalue weighted by molar-refractivity contribution is 7.99. The summed E-state index contributed by atoms with van der Waals surface area (Å²) in [5.74, 6) is -0.103. The van der Waals surface area contributed by atoms with Gasteiger partial charge in [-0.15, -0.1) is 11.8 Å². The van der Waals surface area contributed by atoms with Crippen LogP contribution in [0.5, 0.6) is 0 Å². The lowest BCUT2D eigenvalue weighted by atomic mass is 9.82. The van der Waals surface area contributed by atoms with E-state index in [1.54, 1.807) is 18.0 Å². The van der Waals surface area contributed by atoms with Crippen LogP contribution in [0, 0.1) is 12.3 Å². The van der Waals surface area contributed by atoms with Crippen molar-refractivity contribution in [3.63, 3.8) is 0 Å². The molecule has 0 bridgehead atoms. The van der Waals surface area contributed by atoms with E-state index in [-0.39, 0.29) is 0 Å². The molecule has 1 unspecified atom stereocenters. The molecule has 0 aromatic carbocycles. The first-order valence-corrected chi connectivity index (χ1v) is 9.30.